The number of carbonyl (C=O) groups excluding carboxylic acids is 1. The van der Waals surface area contributed by atoms with Crippen LogP contribution < -0.4 is 0 Å². The molecule has 2 rings (SSSR count). The third-order valence-corrected chi connectivity index (χ3v) is 4.12. The Bertz CT molecular complexity index is 247. The van der Waals surface area contributed by atoms with Gasteiger partial charge in [-0.25, -0.2) is 0 Å². The number of Topliss-reactive ketones (excluding diaryl/α,β-unsaturated/α-hetero) is 1. The average Bonchev–Trinajstić information content (AvgIpc) is 2.74. The second-order valence-corrected chi connectivity index (χ2v) is 5.72. The van der Waals surface area contributed by atoms with Gasteiger partial charge in [0.1, 0.15) is 5.78 Å². The molecular formula is C13H23NO2. The van der Waals surface area contributed by atoms with E-state index in [9.17, 15) is 9.90 Å². The summed E-state index contributed by atoms with van der Waals surface area (Å²) in [5.74, 6) is 0.765. The van der Waals surface area contributed by atoms with E-state index in [-0.39, 0.29) is 0 Å². The van der Waals surface area contributed by atoms with Crippen molar-refractivity contribution >= 4 is 5.78 Å². The Kier molecular flexibility index (Phi) is 3.65. The van der Waals surface area contributed by atoms with Gasteiger partial charge in [-0.1, -0.05) is 12.8 Å². The van der Waals surface area contributed by atoms with Crippen LogP contribution in [-0.4, -0.2) is 41.0 Å². The minimum Gasteiger partial charge on any atom is -0.390 e. The summed E-state index contributed by atoms with van der Waals surface area (Å²) in [7, 11) is 0. The number of likely N-dealkylation sites (tertiary alicyclic amines) is 1. The van der Waals surface area contributed by atoms with Crippen molar-refractivity contribution in [2.45, 2.75) is 51.0 Å². The third-order valence-electron chi connectivity index (χ3n) is 4.12. The Morgan fingerprint density at radius 3 is 2.44 bits per heavy atom. The van der Waals surface area contributed by atoms with Gasteiger partial charge in [0.05, 0.1) is 12.1 Å². The predicted octanol–water partition coefficient (Wildman–Crippen LogP) is 1.59. The van der Waals surface area contributed by atoms with Gasteiger partial charge >= 0.3 is 0 Å². The molecule has 1 saturated carbocycles. The summed E-state index contributed by atoms with van der Waals surface area (Å²) in [6.07, 6.45) is 6.25. The Balaban J connectivity index is 1.76. The number of rotatable bonds is 3. The maximum Gasteiger partial charge on any atom is 0.149 e. The van der Waals surface area contributed by atoms with Crippen molar-refractivity contribution in [3.63, 3.8) is 0 Å². The molecule has 1 aliphatic carbocycles. The van der Waals surface area contributed by atoms with E-state index >= 15 is 0 Å². The quantitative estimate of drug-likeness (QED) is 0.793. The molecule has 1 N–H and O–H groups in total. The number of aliphatic hydroxyl groups is 1. The van der Waals surface area contributed by atoms with Gasteiger partial charge in [0.25, 0.3) is 0 Å². The zero-order valence-corrected chi connectivity index (χ0v) is 10.2. The molecule has 0 bridgehead atoms. The monoisotopic (exact) mass is 225 g/mol. The van der Waals surface area contributed by atoms with Gasteiger partial charge in [-0.15, -0.1) is 0 Å². The van der Waals surface area contributed by atoms with E-state index in [0.717, 1.165) is 38.8 Å². The highest BCUT2D eigenvalue weighted by atomic mass is 16.3. The number of piperidine rings is 1. The molecule has 0 aromatic rings. The van der Waals surface area contributed by atoms with E-state index in [1.807, 2.05) is 6.92 Å². The lowest BCUT2D eigenvalue weighted by molar-refractivity contribution is -0.125. The molecule has 0 aromatic heterocycles. The maximum absolute atomic E-state index is 12.0. The summed E-state index contributed by atoms with van der Waals surface area (Å²) < 4.78 is 0. The van der Waals surface area contributed by atoms with Crippen molar-refractivity contribution in [1.29, 1.82) is 0 Å². The minimum absolute atomic E-state index is 0.336. The summed E-state index contributed by atoms with van der Waals surface area (Å²) in [4.78, 5) is 14.2. The van der Waals surface area contributed by atoms with Crippen molar-refractivity contribution < 1.29 is 9.90 Å². The molecule has 2 aliphatic rings. The lowest BCUT2D eigenvalue weighted by Crippen LogP contribution is -2.45. The van der Waals surface area contributed by atoms with Gasteiger partial charge < -0.3 is 5.11 Å². The second-order valence-electron chi connectivity index (χ2n) is 5.72. The lowest BCUT2D eigenvalue weighted by atomic mass is 9.93. The average molecular weight is 225 g/mol. The molecule has 92 valence electrons. The van der Waals surface area contributed by atoms with Crippen molar-refractivity contribution in [2.75, 3.05) is 19.6 Å². The normalized spacial score (nSPS) is 27.1. The Hall–Kier alpha value is -0.410. The number of ketones is 1. The number of hydrogen-bond acceptors (Lipinski definition) is 3. The van der Waals surface area contributed by atoms with Gasteiger partial charge in [-0.3, -0.25) is 9.69 Å². The van der Waals surface area contributed by atoms with Crippen LogP contribution in [0, 0.1) is 5.92 Å². The molecular weight excluding hydrogens is 202 g/mol. The van der Waals surface area contributed by atoms with Crippen LogP contribution in [-0.2, 0) is 4.79 Å². The van der Waals surface area contributed by atoms with Crippen LogP contribution in [0.5, 0.6) is 0 Å². The molecule has 2 fully saturated rings. The summed E-state index contributed by atoms with van der Waals surface area (Å²) in [5, 5.41) is 9.83. The van der Waals surface area contributed by atoms with Crippen LogP contribution in [0.1, 0.15) is 45.4 Å². The third kappa shape index (κ3) is 3.05. The first-order valence-electron chi connectivity index (χ1n) is 6.54. The van der Waals surface area contributed by atoms with Crippen molar-refractivity contribution in [1.82, 2.24) is 4.90 Å². The molecule has 0 amide bonds. The standard InChI is InChI=1S/C13H23NO2/c1-13(16)6-8-14(9-7-13)10-12(15)11-4-2-3-5-11/h11,16H,2-10H2,1H3. The van der Waals surface area contributed by atoms with Crippen LogP contribution in [0.4, 0.5) is 0 Å². The molecule has 0 radical (unpaired) electrons. The zero-order valence-electron chi connectivity index (χ0n) is 10.2. The van der Waals surface area contributed by atoms with Gasteiger partial charge in [-0.2, -0.15) is 0 Å². The minimum atomic E-state index is -0.507. The molecule has 3 heteroatoms. The number of carbonyl (C=O) groups is 1. The summed E-state index contributed by atoms with van der Waals surface area (Å²) in [5.41, 5.74) is -0.507. The predicted molar refractivity (Wildman–Crippen MR) is 63.3 cm³/mol. The molecule has 0 unspecified atom stereocenters. The summed E-state index contributed by atoms with van der Waals surface area (Å²) >= 11 is 0. The Labute approximate surface area is 97.8 Å². The van der Waals surface area contributed by atoms with Crippen LogP contribution in [0.25, 0.3) is 0 Å². The zero-order chi connectivity index (χ0) is 11.6. The van der Waals surface area contributed by atoms with E-state index in [0.29, 0.717) is 18.2 Å². The maximum atomic E-state index is 12.0. The van der Waals surface area contributed by atoms with Crippen LogP contribution in [0.15, 0.2) is 0 Å². The Morgan fingerprint density at radius 2 is 1.88 bits per heavy atom. The van der Waals surface area contributed by atoms with Crippen LogP contribution in [0.2, 0.25) is 0 Å². The summed E-state index contributed by atoms with van der Waals surface area (Å²) in [6.45, 7) is 4.24. The van der Waals surface area contributed by atoms with E-state index in [1.54, 1.807) is 0 Å². The smallest absolute Gasteiger partial charge is 0.149 e. The topological polar surface area (TPSA) is 40.5 Å². The highest BCUT2D eigenvalue weighted by Gasteiger charge is 2.30. The molecule has 1 saturated heterocycles. The van der Waals surface area contributed by atoms with E-state index in [4.69, 9.17) is 0 Å². The number of hydrogen-bond donors (Lipinski definition) is 1. The fraction of sp³-hybridized carbons (Fsp3) is 0.923. The van der Waals surface area contributed by atoms with Crippen molar-refractivity contribution in [3.8, 4) is 0 Å². The summed E-state index contributed by atoms with van der Waals surface area (Å²) in [6, 6.07) is 0. The first-order valence-corrected chi connectivity index (χ1v) is 6.54. The van der Waals surface area contributed by atoms with Gasteiger partial charge in [0.2, 0.25) is 0 Å². The first-order chi connectivity index (χ1) is 7.57. The van der Waals surface area contributed by atoms with Crippen molar-refractivity contribution in [3.05, 3.63) is 0 Å². The first kappa shape index (κ1) is 12.1. The molecule has 0 atom stereocenters. The molecule has 1 aliphatic heterocycles. The van der Waals surface area contributed by atoms with Crippen LogP contribution in [0.3, 0.4) is 0 Å². The van der Waals surface area contributed by atoms with E-state index in [1.165, 1.54) is 12.8 Å². The lowest BCUT2D eigenvalue weighted by Gasteiger charge is -2.35. The van der Waals surface area contributed by atoms with Crippen molar-refractivity contribution in [2.24, 2.45) is 5.92 Å². The SMILES string of the molecule is CC1(O)CCN(CC(=O)C2CCCC2)CC1. The van der Waals surface area contributed by atoms with Gasteiger partial charge in [-0.05, 0) is 32.6 Å². The van der Waals surface area contributed by atoms with E-state index < -0.39 is 5.60 Å². The fourth-order valence-corrected chi connectivity index (χ4v) is 2.79. The largest absolute Gasteiger partial charge is 0.390 e. The fourth-order valence-electron chi connectivity index (χ4n) is 2.79. The highest BCUT2D eigenvalue weighted by molar-refractivity contribution is 5.83. The Morgan fingerprint density at radius 1 is 1.31 bits per heavy atom. The van der Waals surface area contributed by atoms with Gasteiger partial charge in [0.15, 0.2) is 0 Å². The molecule has 0 spiro atoms. The molecule has 1 heterocycles. The van der Waals surface area contributed by atoms with Crippen LogP contribution >= 0.6 is 0 Å². The molecule has 3 nitrogen and oxygen atoms in total. The molecule has 16 heavy (non-hydrogen) atoms. The van der Waals surface area contributed by atoms with E-state index in [2.05, 4.69) is 4.90 Å². The molecule has 0 aromatic carbocycles. The highest BCUT2D eigenvalue weighted by Crippen LogP contribution is 2.27. The van der Waals surface area contributed by atoms with Gasteiger partial charge in [0, 0.05) is 19.0 Å². The number of nitrogens with zero attached hydrogens (tertiary/aromatic N) is 1. The second kappa shape index (κ2) is 4.84.